The Morgan fingerprint density at radius 3 is 2.79 bits per heavy atom. The summed E-state index contributed by atoms with van der Waals surface area (Å²) >= 11 is 0. The summed E-state index contributed by atoms with van der Waals surface area (Å²) in [5, 5.41) is 11.0. The Bertz CT molecular complexity index is 1050. The molecule has 3 heterocycles. The third-order valence-corrected chi connectivity index (χ3v) is 4.78. The molecule has 0 unspecified atom stereocenters. The molecule has 1 aliphatic heterocycles. The van der Waals surface area contributed by atoms with Gasteiger partial charge in [0.1, 0.15) is 0 Å². The number of carbonyl (C=O) groups is 1. The first-order valence-corrected chi connectivity index (χ1v) is 9.27. The number of pyridine rings is 1. The van der Waals surface area contributed by atoms with Gasteiger partial charge in [0.25, 0.3) is 0 Å². The van der Waals surface area contributed by atoms with Crippen LogP contribution in [0.25, 0.3) is 0 Å². The number of amides is 1. The summed E-state index contributed by atoms with van der Waals surface area (Å²) in [6.07, 6.45) is 3.77. The molecule has 1 atom stereocenters. The minimum absolute atomic E-state index is 0.0412. The third-order valence-electron chi connectivity index (χ3n) is 4.78. The van der Waals surface area contributed by atoms with E-state index in [1.54, 1.807) is 12.4 Å². The average molecular weight is 371 g/mol. The Hall–Kier alpha value is -3.41. The van der Waals surface area contributed by atoms with Crippen molar-refractivity contribution in [2.75, 3.05) is 0 Å². The molecule has 1 N–H and O–H groups in total. The standard InChI is InChI=1S/C22H21N5O/c1-14-8-18(12-25-27-14)22-20-13-23-19(9-17(20)11-24-22)10-21(28)26-15(2)16-6-4-3-5-7-16/h3-9,12-13,15H,10-11H2,1-2H3,(H,26,28)/t15-/m1/s1. The first-order chi connectivity index (χ1) is 13.6. The Morgan fingerprint density at radius 1 is 1.18 bits per heavy atom. The molecule has 0 saturated heterocycles. The van der Waals surface area contributed by atoms with Crippen molar-refractivity contribution in [1.82, 2.24) is 20.5 Å². The smallest absolute Gasteiger partial charge is 0.226 e. The molecule has 6 nitrogen and oxygen atoms in total. The second-order valence-corrected chi connectivity index (χ2v) is 6.96. The van der Waals surface area contributed by atoms with Gasteiger partial charge in [-0.15, -0.1) is 0 Å². The normalized spacial score (nSPS) is 13.6. The Balaban J connectivity index is 1.45. The summed E-state index contributed by atoms with van der Waals surface area (Å²) in [7, 11) is 0. The number of nitrogens with one attached hydrogen (secondary N) is 1. The van der Waals surface area contributed by atoms with E-state index in [1.807, 2.05) is 56.3 Å². The van der Waals surface area contributed by atoms with Gasteiger partial charge in [0.2, 0.25) is 5.91 Å². The lowest BCUT2D eigenvalue weighted by Gasteiger charge is -2.14. The minimum Gasteiger partial charge on any atom is -0.349 e. The van der Waals surface area contributed by atoms with Crippen molar-refractivity contribution in [2.24, 2.45) is 4.99 Å². The highest BCUT2D eigenvalue weighted by Gasteiger charge is 2.20. The van der Waals surface area contributed by atoms with E-state index in [2.05, 4.69) is 25.5 Å². The molecule has 3 aromatic rings. The number of nitrogens with zero attached hydrogens (tertiary/aromatic N) is 4. The maximum atomic E-state index is 12.4. The number of hydrogen-bond donors (Lipinski definition) is 1. The SMILES string of the molecule is Cc1cc(C2=NCc3cc(CC(=O)N[C@H](C)c4ccccc4)ncc32)cnn1. The Kier molecular flexibility index (Phi) is 4.93. The van der Waals surface area contributed by atoms with E-state index in [0.29, 0.717) is 6.54 Å². The van der Waals surface area contributed by atoms with Gasteiger partial charge in [-0.2, -0.15) is 10.2 Å². The highest BCUT2D eigenvalue weighted by atomic mass is 16.1. The maximum absolute atomic E-state index is 12.4. The van der Waals surface area contributed by atoms with Crippen molar-refractivity contribution in [1.29, 1.82) is 0 Å². The van der Waals surface area contributed by atoms with Crippen LogP contribution >= 0.6 is 0 Å². The highest BCUT2D eigenvalue weighted by Crippen LogP contribution is 2.23. The summed E-state index contributed by atoms with van der Waals surface area (Å²) < 4.78 is 0. The molecule has 140 valence electrons. The zero-order valence-electron chi connectivity index (χ0n) is 15.9. The van der Waals surface area contributed by atoms with Crippen LogP contribution < -0.4 is 5.32 Å². The summed E-state index contributed by atoms with van der Waals surface area (Å²) in [5.41, 5.74) is 6.58. The first kappa shape index (κ1) is 18.0. The van der Waals surface area contributed by atoms with E-state index in [9.17, 15) is 4.79 Å². The lowest BCUT2D eigenvalue weighted by molar-refractivity contribution is -0.121. The molecule has 1 aliphatic rings. The van der Waals surface area contributed by atoms with E-state index < -0.39 is 0 Å². The zero-order chi connectivity index (χ0) is 19.5. The van der Waals surface area contributed by atoms with Crippen LogP contribution in [-0.4, -0.2) is 26.8 Å². The molecule has 1 aromatic carbocycles. The van der Waals surface area contributed by atoms with Gasteiger partial charge < -0.3 is 5.32 Å². The van der Waals surface area contributed by atoms with Gasteiger partial charge in [-0.1, -0.05) is 30.3 Å². The fraction of sp³-hybridized carbons (Fsp3) is 0.227. The summed E-state index contributed by atoms with van der Waals surface area (Å²) in [6, 6.07) is 13.8. The Morgan fingerprint density at radius 2 is 2.00 bits per heavy atom. The van der Waals surface area contributed by atoms with Crippen LogP contribution in [-0.2, 0) is 17.8 Å². The number of carbonyl (C=O) groups excluding carboxylic acids is 1. The molecule has 0 radical (unpaired) electrons. The van der Waals surface area contributed by atoms with Crippen molar-refractivity contribution >= 4 is 11.6 Å². The average Bonchev–Trinajstić information content (AvgIpc) is 3.12. The molecule has 0 saturated carbocycles. The van der Waals surface area contributed by atoms with Crippen molar-refractivity contribution in [3.8, 4) is 0 Å². The van der Waals surface area contributed by atoms with Crippen LogP contribution in [0.3, 0.4) is 0 Å². The number of aryl methyl sites for hydroxylation is 1. The molecule has 2 aromatic heterocycles. The molecular formula is C22H21N5O. The van der Waals surface area contributed by atoms with Crippen LogP contribution in [0.5, 0.6) is 0 Å². The predicted molar refractivity (Wildman–Crippen MR) is 107 cm³/mol. The molecule has 0 fully saturated rings. The molecule has 6 heteroatoms. The van der Waals surface area contributed by atoms with Gasteiger partial charge in [-0.25, -0.2) is 0 Å². The second kappa shape index (κ2) is 7.68. The van der Waals surface area contributed by atoms with Crippen molar-refractivity contribution < 1.29 is 4.79 Å². The van der Waals surface area contributed by atoms with Crippen molar-refractivity contribution in [2.45, 2.75) is 32.9 Å². The van der Waals surface area contributed by atoms with Gasteiger partial charge in [0.05, 0.1) is 42.3 Å². The molecular weight excluding hydrogens is 350 g/mol. The largest absolute Gasteiger partial charge is 0.349 e. The molecule has 1 amide bonds. The zero-order valence-corrected chi connectivity index (χ0v) is 15.9. The van der Waals surface area contributed by atoms with E-state index in [4.69, 9.17) is 0 Å². The van der Waals surface area contributed by atoms with E-state index >= 15 is 0 Å². The van der Waals surface area contributed by atoms with Gasteiger partial charge in [-0.05, 0) is 37.1 Å². The second-order valence-electron chi connectivity index (χ2n) is 6.96. The van der Waals surface area contributed by atoms with Crippen molar-refractivity contribution in [3.05, 3.63) is 88.5 Å². The quantitative estimate of drug-likeness (QED) is 0.748. The lowest BCUT2D eigenvalue weighted by atomic mass is 10.0. The van der Waals surface area contributed by atoms with Crippen LogP contribution in [0.1, 0.15) is 46.6 Å². The third kappa shape index (κ3) is 3.81. The van der Waals surface area contributed by atoms with Crippen LogP contribution in [0.15, 0.2) is 59.9 Å². The number of aromatic nitrogens is 3. The minimum atomic E-state index is -0.0445. The number of rotatable bonds is 5. The van der Waals surface area contributed by atoms with E-state index in [1.165, 1.54) is 0 Å². The first-order valence-electron chi connectivity index (χ1n) is 9.27. The number of hydrogen-bond acceptors (Lipinski definition) is 5. The maximum Gasteiger partial charge on any atom is 0.226 e. The van der Waals surface area contributed by atoms with Crippen LogP contribution in [0, 0.1) is 6.92 Å². The van der Waals surface area contributed by atoms with Crippen LogP contribution in [0.4, 0.5) is 0 Å². The fourth-order valence-corrected chi connectivity index (χ4v) is 3.37. The monoisotopic (exact) mass is 371 g/mol. The number of fused-ring (bicyclic) bond motifs is 1. The summed E-state index contributed by atoms with van der Waals surface area (Å²) in [5.74, 6) is -0.0445. The predicted octanol–water partition coefficient (Wildman–Crippen LogP) is 2.95. The number of benzene rings is 1. The van der Waals surface area contributed by atoms with Crippen molar-refractivity contribution in [3.63, 3.8) is 0 Å². The molecule has 28 heavy (non-hydrogen) atoms. The summed E-state index contributed by atoms with van der Waals surface area (Å²) in [4.78, 5) is 21.5. The Labute approximate surface area is 163 Å². The molecule has 0 aliphatic carbocycles. The van der Waals surface area contributed by atoms with Gasteiger partial charge >= 0.3 is 0 Å². The molecule has 0 bridgehead atoms. The lowest BCUT2D eigenvalue weighted by Crippen LogP contribution is -2.28. The highest BCUT2D eigenvalue weighted by molar-refractivity contribution is 6.14. The molecule has 4 rings (SSSR count). The summed E-state index contributed by atoms with van der Waals surface area (Å²) in [6.45, 7) is 4.47. The van der Waals surface area contributed by atoms with Gasteiger partial charge in [0.15, 0.2) is 0 Å². The fourth-order valence-electron chi connectivity index (χ4n) is 3.37. The number of aliphatic imine (C=N–C) groups is 1. The van der Waals surface area contributed by atoms with E-state index in [-0.39, 0.29) is 18.4 Å². The van der Waals surface area contributed by atoms with Crippen LogP contribution in [0.2, 0.25) is 0 Å². The van der Waals surface area contributed by atoms with Gasteiger partial charge in [-0.3, -0.25) is 14.8 Å². The molecule has 0 spiro atoms. The van der Waals surface area contributed by atoms with E-state index in [0.717, 1.165) is 39.4 Å². The topological polar surface area (TPSA) is 80.1 Å². The van der Waals surface area contributed by atoms with Gasteiger partial charge in [0, 0.05) is 17.3 Å².